The van der Waals surface area contributed by atoms with Crippen molar-refractivity contribution in [2.45, 2.75) is 8.68 Å². The Bertz CT molecular complexity index is 672. The van der Waals surface area contributed by atoms with Crippen molar-refractivity contribution in [1.82, 2.24) is 10.2 Å². The van der Waals surface area contributed by atoms with E-state index in [-0.39, 0.29) is 5.91 Å². The number of morpholine rings is 1. The van der Waals surface area contributed by atoms with Crippen molar-refractivity contribution in [3.63, 3.8) is 0 Å². The number of amides is 1. The largest absolute Gasteiger partial charge is 0.378 e. The second kappa shape index (κ2) is 8.70. The predicted molar refractivity (Wildman–Crippen MR) is 101 cm³/mol. The summed E-state index contributed by atoms with van der Waals surface area (Å²) < 4.78 is 7.09. The van der Waals surface area contributed by atoms with Crippen molar-refractivity contribution in [2.24, 2.45) is 0 Å². The number of benzene rings is 1. The van der Waals surface area contributed by atoms with E-state index in [0.29, 0.717) is 5.75 Å². The maximum absolute atomic E-state index is 12.0. The Morgan fingerprint density at radius 3 is 2.62 bits per heavy atom. The van der Waals surface area contributed by atoms with Gasteiger partial charge in [0.15, 0.2) is 8.68 Å². The first-order chi connectivity index (χ1) is 11.7. The van der Waals surface area contributed by atoms with E-state index in [1.807, 2.05) is 30.5 Å². The van der Waals surface area contributed by atoms with Crippen LogP contribution in [0.3, 0.4) is 0 Å². The third-order valence-corrected chi connectivity index (χ3v) is 6.45. The second-order valence-corrected chi connectivity index (χ2v) is 8.27. The number of hydrogen-bond donors (Lipinski definition) is 1. The van der Waals surface area contributed by atoms with Gasteiger partial charge in [-0.2, -0.15) is 0 Å². The van der Waals surface area contributed by atoms with Gasteiger partial charge in [-0.25, -0.2) is 0 Å². The third kappa shape index (κ3) is 4.85. The van der Waals surface area contributed by atoms with Gasteiger partial charge in [0.1, 0.15) is 0 Å². The minimum Gasteiger partial charge on any atom is -0.378 e. The Morgan fingerprint density at radius 1 is 1.25 bits per heavy atom. The molecule has 0 atom stereocenters. The molecule has 0 saturated carbocycles. The molecule has 9 heteroatoms. The van der Waals surface area contributed by atoms with Crippen LogP contribution in [-0.4, -0.2) is 54.4 Å². The van der Waals surface area contributed by atoms with Crippen LogP contribution < -0.4 is 10.2 Å². The molecule has 0 radical (unpaired) electrons. The number of anilines is 2. The first kappa shape index (κ1) is 17.5. The number of hydrogen-bond acceptors (Lipinski definition) is 8. The molecule has 1 aromatic heterocycles. The fraction of sp³-hybridized carbons (Fsp3) is 0.400. The van der Waals surface area contributed by atoms with Crippen molar-refractivity contribution in [3.8, 4) is 0 Å². The smallest absolute Gasteiger partial charge is 0.234 e. The molecule has 1 aromatic carbocycles. The second-order valence-electron chi connectivity index (χ2n) is 5.02. The molecular formula is C15H18N4O2S3. The van der Waals surface area contributed by atoms with E-state index < -0.39 is 0 Å². The number of carbonyl (C=O) groups excluding carboxylic acids is 1. The lowest BCUT2D eigenvalue weighted by Gasteiger charge is -2.28. The Labute approximate surface area is 153 Å². The maximum Gasteiger partial charge on any atom is 0.234 e. The summed E-state index contributed by atoms with van der Waals surface area (Å²) >= 11 is 4.47. The fourth-order valence-corrected chi connectivity index (χ4v) is 4.48. The van der Waals surface area contributed by atoms with Crippen molar-refractivity contribution in [1.29, 1.82) is 0 Å². The van der Waals surface area contributed by atoms with Crippen LogP contribution in [0.15, 0.2) is 32.9 Å². The lowest BCUT2D eigenvalue weighted by atomic mass is 10.2. The van der Waals surface area contributed by atoms with Crippen molar-refractivity contribution in [3.05, 3.63) is 24.3 Å². The van der Waals surface area contributed by atoms with Crippen LogP contribution in [0.2, 0.25) is 0 Å². The van der Waals surface area contributed by atoms with Gasteiger partial charge in [-0.05, 0) is 30.5 Å². The first-order valence-corrected chi connectivity index (χ1v) is 10.5. The zero-order chi connectivity index (χ0) is 16.8. The van der Waals surface area contributed by atoms with E-state index in [2.05, 4.69) is 20.4 Å². The molecule has 128 valence electrons. The molecule has 1 aliphatic heterocycles. The van der Waals surface area contributed by atoms with Gasteiger partial charge in [0.25, 0.3) is 0 Å². The van der Waals surface area contributed by atoms with Crippen LogP contribution in [0.4, 0.5) is 11.4 Å². The minimum atomic E-state index is -0.0416. The summed E-state index contributed by atoms with van der Waals surface area (Å²) in [6.07, 6.45) is 1.96. The standard InChI is InChI=1S/C15H18N4O2S3/c1-22-14-17-18-15(24-14)23-10-13(20)16-11-2-4-12(5-3-11)19-6-8-21-9-7-19/h2-5H,6-10H2,1H3,(H,16,20). The van der Waals surface area contributed by atoms with Crippen LogP contribution in [0.25, 0.3) is 0 Å². The molecule has 6 nitrogen and oxygen atoms in total. The summed E-state index contributed by atoms with van der Waals surface area (Å²) in [7, 11) is 0. The average molecular weight is 383 g/mol. The molecule has 1 fully saturated rings. The number of rotatable bonds is 6. The van der Waals surface area contributed by atoms with Gasteiger partial charge in [0.2, 0.25) is 5.91 Å². The van der Waals surface area contributed by atoms with Gasteiger partial charge in [0.05, 0.1) is 19.0 Å². The molecule has 1 saturated heterocycles. The molecule has 3 rings (SSSR count). The zero-order valence-electron chi connectivity index (χ0n) is 13.2. The first-order valence-electron chi connectivity index (χ1n) is 7.47. The molecule has 0 aliphatic carbocycles. The van der Waals surface area contributed by atoms with Crippen LogP contribution in [-0.2, 0) is 9.53 Å². The number of carbonyl (C=O) groups is 1. The van der Waals surface area contributed by atoms with E-state index in [1.54, 1.807) is 11.8 Å². The summed E-state index contributed by atoms with van der Waals surface area (Å²) in [5.74, 6) is 0.286. The summed E-state index contributed by atoms with van der Waals surface area (Å²) in [5, 5.41) is 11.0. The van der Waals surface area contributed by atoms with Crippen molar-refractivity contribution >= 4 is 52.1 Å². The number of thioether (sulfide) groups is 2. The number of ether oxygens (including phenoxy) is 1. The van der Waals surface area contributed by atoms with E-state index >= 15 is 0 Å². The highest BCUT2D eigenvalue weighted by atomic mass is 32.2. The zero-order valence-corrected chi connectivity index (χ0v) is 15.7. The van der Waals surface area contributed by atoms with Crippen molar-refractivity contribution in [2.75, 3.05) is 48.5 Å². The number of aromatic nitrogens is 2. The van der Waals surface area contributed by atoms with E-state index in [4.69, 9.17) is 4.74 Å². The number of nitrogens with zero attached hydrogens (tertiary/aromatic N) is 3. The molecule has 0 spiro atoms. The van der Waals surface area contributed by atoms with Gasteiger partial charge < -0.3 is 15.0 Å². The summed E-state index contributed by atoms with van der Waals surface area (Å²) in [4.78, 5) is 14.3. The van der Waals surface area contributed by atoms with Gasteiger partial charge in [-0.1, -0.05) is 34.9 Å². The van der Waals surface area contributed by atoms with Gasteiger partial charge in [0, 0.05) is 24.5 Å². The molecule has 2 aromatic rings. The average Bonchev–Trinajstić information content (AvgIpc) is 3.10. The lowest BCUT2D eigenvalue weighted by Crippen LogP contribution is -2.36. The lowest BCUT2D eigenvalue weighted by molar-refractivity contribution is -0.113. The molecule has 1 N–H and O–H groups in total. The highest BCUT2D eigenvalue weighted by Crippen LogP contribution is 2.27. The maximum atomic E-state index is 12.0. The number of nitrogens with one attached hydrogen (secondary N) is 1. The highest BCUT2D eigenvalue weighted by Gasteiger charge is 2.12. The van der Waals surface area contributed by atoms with Crippen LogP contribution in [0, 0.1) is 0 Å². The Morgan fingerprint density at radius 2 is 1.96 bits per heavy atom. The van der Waals surface area contributed by atoms with E-state index in [0.717, 1.165) is 46.4 Å². The minimum absolute atomic E-state index is 0.0416. The van der Waals surface area contributed by atoms with Crippen LogP contribution >= 0.6 is 34.9 Å². The summed E-state index contributed by atoms with van der Waals surface area (Å²) in [6.45, 7) is 3.34. The highest BCUT2D eigenvalue weighted by molar-refractivity contribution is 8.03. The van der Waals surface area contributed by atoms with E-state index in [1.165, 1.54) is 23.1 Å². The SMILES string of the molecule is CSc1nnc(SCC(=O)Nc2ccc(N3CCOCC3)cc2)s1. The van der Waals surface area contributed by atoms with Crippen molar-refractivity contribution < 1.29 is 9.53 Å². The molecule has 1 aliphatic rings. The predicted octanol–water partition coefficient (Wildman–Crippen LogP) is 2.83. The summed E-state index contributed by atoms with van der Waals surface area (Å²) in [5.41, 5.74) is 1.96. The van der Waals surface area contributed by atoms with Crippen LogP contribution in [0.5, 0.6) is 0 Å². The molecule has 0 bridgehead atoms. The Balaban J connectivity index is 1.48. The molecule has 2 heterocycles. The topological polar surface area (TPSA) is 67.4 Å². The van der Waals surface area contributed by atoms with Gasteiger partial charge in [-0.15, -0.1) is 10.2 Å². The Kier molecular flexibility index (Phi) is 6.36. The molecule has 24 heavy (non-hydrogen) atoms. The summed E-state index contributed by atoms with van der Waals surface area (Å²) in [6, 6.07) is 7.93. The molecular weight excluding hydrogens is 364 g/mol. The Hall–Kier alpha value is -1.29. The van der Waals surface area contributed by atoms with Crippen LogP contribution in [0.1, 0.15) is 0 Å². The monoisotopic (exact) mass is 382 g/mol. The quantitative estimate of drug-likeness (QED) is 0.771. The van der Waals surface area contributed by atoms with E-state index in [9.17, 15) is 4.79 Å². The molecule has 1 amide bonds. The van der Waals surface area contributed by atoms with Gasteiger partial charge >= 0.3 is 0 Å². The third-order valence-electron chi connectivity index (χ3n) is 3.42. The normalized spacial score (nSPS) is 14.6. The van der Waals surface area contributed by atoms with Gasteiger partial charge in [-0.3, -0.25) is 4.79 Å². The molecule has 0 unspecified atom stereocenters. The fourth-order valence-electron chi connectivity index (χ4n) is 2.24.